The second kappa shape index (κ2) is 11.8. The number of halogens is 3. The SMILES string of the molecule is CCn1ncc(-c2cc(C(F)F)nc3sc(C(N)=O)c(NC(=O)c4ccc(COc5ccc([N+](=O)[O-])cc5Cl)o4)c23)c1C. The van der Waals surface area contributed by atoms with Crippen molar-refractivity contribution >= 4 is 56.3 Å². The molecule has 12 nitrogen and oxygen atoms in total. The molecule has 222 valence electrons. The van der Waals surface area contributed by atoms with E-state index in [2.05, 4.69) is 15.4 Å². The first-order chi connectivity index (χ1) is 20.5. The maximum Gasteiger partial charge on any atom is 0.291 e. The standard InChI is InChI=1S/C27H21ClF2N6O6S/c1-3-35-12(2)16(10-32-35)15-9-18(24(29)30)33-27-21(15)22(23(43-27)25(31)37)34-26(38)20-7-5-14(42-20)11-41-19-6-4-13(36(39)40)8-17(19)28/h4-10,24H,3,11H2,1-2H3,(H2,31,37)(H,34,38). The summed E-state index contributed by atoms with van der Waals surface area (Å²) in [6, 6.07) is 7.75. The third-order valence-corrected chi connectivity index (χ3v) is 7.84. The molecule has 0 aliphatic rings. The molecule has 1 aromatic carbocycles. The van der Waals surface area contributed by atoms with Crippen molar-refractivity contribution < 1.29 is 32.4 Å². The van der Waals surface area contributed by atoms with Crippen LogP contribution in [0.5, 0.6) is 5.75 Å². The van der Waals surface area contributed by atoms with Gasteiger partial charge in [-0.2, -0.15) is 5.10 Å². The largest absolute Gasteiger partial charge is 0.484 e. The molecule has 0 aliphatic heterocycles. The molecule has 5 rings (SSSR count). The molecule has 4 heterocycles. The minimum atomic E-state index is -2.90. The number of pyridine rings is 1. The number of non-ortho nitro benzene ring substituents is 1. The fourth-order valence-electron chi connectivity index (χ4n) is 4.39. The molecule has 43 heavy (non-hydrogen) atoms. The molecule has 2 amide bonds. The molecule has 5 aromatic rings. The highest BCUT2D eigenvalue weighted by atomic mass is 35.5. The molecule has 0 aliphatic carbocycles. The normalized spacial score (nSPS) is 11.3. The van der Waals surface area contributed by atoms with E-state index in [1.165, 1.54) is 36.5 Å². The molecule has 0 unspecified atom stereocenters. The number of furan rings is 1. The third-order valence-electron chi connectivity index (χ3n) is 6.44. The van der Waals surface area contributed by atoms with Gasteiger partial charge in [0, 0.05) is 35.3 Å². The lowest BCUT2D eigenvalue weighted by Crippen LogP contribution is -2.16. The number of thiophene rings is 1. The Morgan fingerprint density at radius 1 is 1.26 bits per heavy atom. The number of ether oxygens (including phenoxy) is 1. The molecule has 0 atom stereocenters. The van der Waals surface area contributed by atoms with E-state index in [0.717, 1.165) is 17.4 Å². The van der Waals surface area contributed by atoms with Gasteiger partial charge in [-0.15, -0.1) is 11.3 Å². The lowest BCUT2D eigenvalue weighted by Gasteiger charge is -2.10. The smallest absolute Gasteiger partial charge is 0.291 e. The monoisotopic (exact) mass is 630 g/mol. The lowest BCUT2D eigenvalue weighted by atomic mass is 10.0. The van der Waals surface area contributed by atoms with Gasteiger partial charge in [-0.3, -0.25) is 24.4 Å². The second-order valence-electron chi connectivity index (χ2n) is 9.09. The first kappa shape index (κ1) is 29.6. The minimum absolute atomic E-state index is 0.00340. The Morgan fingerprint density at radius 3 is 2.65 bits per heavy atom. The van der Waals surface area contributed by atoms with Gasteiger partial charge >= 0.3 is 0 Å². The highest BCUT2D eigenvalue weighted by Crippen LogP contribution is 2.43. The predicted molar refractivity (Wildman–Crippen MR) is 154 cm³/mol. The number of hydrogen-bond acceptors (Lipinski definition) is 9. The quantitative estimate of drug-likeness (QED) is 0.130. The first-order valence-electron chi connectivity index (χ1n) is 12.5. The number of aromatic nitrogens is 3. The Morgan fingerprint density at radius 2 is 2.02 bits per heavy atom. The molecule has 0 bridgehead atoms. The number of carbonyl (C=O) groups excluding carboxylic acids is 2. The molecular formula is C27H21ClF2N6O6S. The van der Waals surface area contributed by atoms with Gasteiger partial charge in [-0.25, -0.2) is 13.8 Å². The van der Waals surface area contributed by atoms with E-state index in [9.17, 15) is 28.5 Å². The van der Waals surface area contributed by atoms with Gasteiger partial charge in [-0.1, -0.05) is 11.6 Å². The van der Waals surface area contributed by atoms with E-state index in [1.54, 1.807) is 11.6 Å². The Bertz CT molecular complexity index is 1900. The van der Waals surface area contributed by atoms with Crippen molar-refractivity contribution in [1.29, 1.82) is 0 Å². The second-order valence-corrected chi connectivity index (χ2v) is 10.5. The van der Waals surface area contributed by atoms with Gasteiger partial charge in [0.05, 0.1) is 21.8 Å². The van der Waals surface area contributed by atoms with Crippen LogP contribution in [0.25, 0.3) is 21.3 Å². The van der Waals surface area contributed by atoms with Gasteiger partial charge in [0.2, 0.25) is 0 Å². The fourth-order valence-corrected chi connectivity index (χ4v) is 5.63. The summed E-state index contributed by atoms with van der Waals surface area (Å²) in [5.41, 5.74) is 6.39. The number of nitro benzene ring substituents is 1. The van der Waals surface area contributed by atoms with Crippen LogP contribution in [0.4, 0.5) is 20.2 Å². The summed E-state index contributed by atoms with van der Waals surface area (Å²) < 4.78 is 40.5. The number of primary amides is 1. The van der Waals surface area contributed by atoms with Crippen LogP contribution in [0.3, 0.4) is 0 Å². The molecule has 0 saturated heterocycles. The number of aryl methyl sites for hydroxylation is 1. The number of alkyl halides is 2. The number of amides is 2. The Kier molecular flexibility index (Phi) is 8.10. The van der Waals surface area contributed by atoms with Crippen LogP contribution in [0.2, 0.25) is 5.02 Å². The fraction of sp³-hybridized carbons (Fsp3) is 0.185. The van der Waals surface area contributed by atoms with E-state index in [0.29, 0.717) is 23.4 Å². The molecule has 3 N–H and O–H groups in total. The topological polar surface area (TPSA) is 168 Å². The summed E-state index contributed by atoms with van der Waals surface area (Å²) in [6.45, 7) is 4.02. The van der Waals surface area contributed by atoms with Gasteiger partial charge < -0.3 is 20.2 Å². The number of nitrogens with two attached hydrogens (primary N) is 1. The third kappa shape index (κ3) is 5.76. The van der Waals surface area contributed by atoms with E-state index in [1.807, 2.05) is 6.92 Å². The van der Waals surface area contributed by atoms with Gasteiger partial charge in [0.15, 0.2) is 5.76 Å². The number of nitrogens with zero attached hydrogens (tertiary/aromatic N) is 4. The van der Waals surface area contributed by atoms with Crippen molar-refractivity contribution in [3.8, 4) is 16.9 Å². The van der Waals surface area contributed by atoms with Crippen LogP contribution in [-0.2, 0) is 13.2 Å². The first-order valence-corrected chi connectivity index (χ1v) is 13.7. The summed E-state index contributed by atoms with van der Waals surface area (Å²) in [7, 11) is 0. The van der Waals surface area contributed by atoms with Gasteiger partial charge in [0.1, 0.15) is 33.5 Å². The zero-order chi connectivity index (χ0) is 31.0. The molecule has 0 fully saturated rings. The van der Waals surface area contributed by atoms with E-state index in [4.69, 9.17) is 26.5 Å². The maximum absolute atomic E-state index is 13.8. The van der Waals surface area contributed by atoms with E-state index in [-0.39, 0.29) is 55.4 Å². The van der Waals surface area contributed by atoms with Crippen LogP contribution in [-0.4, -0.2) is 31.5 Å². The van der Waals surface area contributed by atoms with Crippen molar-refractivity contribution in [3.05, 3.63) is 85.5 Å². The number of nitrogens with one attached hydrogen (secondary N) is 1. The zero-order valence-electron chi connectivity index (χ0n) is 22.4. The van der Waals surface area contributed by atoms with Crippen LogP contribution in [0.1, 0.15) is 50.7 Å². The number of fused-ring (bicyclic) bond motifs is 1. The van der Waals surface area contributed by atoms with Crippen molar-refractivity contribution in [3.63, 3.8) is 0 Å². The minimum Gasteiger partial charge on any atom is -0.484 e. The highest BCUT2D eigenvalue weighted by molar-refractivity contribution is 7.21. The number of benzene rings is 1. The number of hydrogen-bond donors (Lipinski definition) is 2. The summed E-state index contributed by atoms with van der Waals surface area (Å²) >= 11 is 6.83. The number of anilines is 1. The van der Waals surface area contributed by atoms with Crippen LogP contribution in [0, 0.1) is 17.0 Å². The van der Waals surface area contributed by atoms with Gasteiger partial charge in [-0.05, 0) is 43.7 Å². The average molecular weight is 631 g/mol. The van der Waals surface area contributed by atoms with Crippen LogP contribution in [0.15, 0.2) is 47.0 Å². The Balaban J connectivity index is 1.48. The lowest BCUT2D eigenvalue weighted by molar-refractivity contribution is -0.384. The molecular weight excluding hydrogens is 610 g/mol. The van der Waals surface area contributed by atoms with Crippen molar-refractivity contribution in [2.45, 2.75) is 33.4 Å². The molecule has 0 saturated carbocycles. The predicted octanol–water partition coefficient (Wildman–Crippen LogP) is 6.51. The highest BCUT2D eigenvalue weighted by Gasteiger charge is 2.27. The average Bonchev–Trinajstić information content (AvgIpc) is 3.69. The summed E-state index contributed by atoms with van der Waals surface area (Å²) in [5.74, 6) is -1.42. The maximum atomic E-state index is 13.8. The van der Waals surface area contributed by atoms with E-state index >= 15 is 0 Å². The van der Waals surface area contributed by atoms with Crippen molar-refractivity contribution in [2.75, 3.05) is 5.32 Å². The number of carbonyl (C=O) groups is 2. The summed E-state index contributed by atoms with van der Waals surface area (Å²) in [4.78, 5) is 40.0. The molecule has 0 radical (unpaired) electrons. The molecule has 4 aromatic heterocycles. The summed E-state index contributed by atoms with van der Waals surface area (Å²) in [6.07, 6.45) is -1.38. The van der Waals surface area contributed by atoms with Crippen molar-refractivity contribution in [2.24, 2.45) is 5.73 Å². The number of rotatable bonds is 10. The van der Waals surface area contributed by atoms with Crippen LogP contribution >= 0.6 is 22.9 Å². The molecule has 0 spiro atoms. The van der Waals surface area contributed by atoms with Crippen LogP contribution < -0.4 is 15.8 Å². The Hall–Kier alpha value is -4.89. The zero-order valence-corrected chi connectivity index (χ0v) is 24.0. The van der Waals surface area contributed by atoms with Gasteiger partial charge in [0.25, 0.3) is 23.9 Å². The summed E-state index contributed by atoms with van der Waals surface area (Å²) in [5, 5.41) is 18.1. The Labute approximate surface area is 250 Å². The number of nitro groups is 1. The van der Waals surface area contributed by atoms with E-state index < -0.39 is 28.9 Å². The van der Waals surface area contributed by atoms with Crippen molar-refractivity contribution in [1.82, 2.24) is 14.8 Å². The molecule has 16 heteroatoms.